The lowest BCUT2D eigenvalue weighted by atomic mass is 9.87. The predicted molar refractivity (Wildman–Crippen MR) is 144 cm³/mol. The summed E-state index contributed by atoms with van der Waals surface area (Å²) in [6.07, 6.45) is 3.41. The number of nitrogens with one attached hydrogen (secondary N) is 1. The summed E-state index contributed by atoms with van der Waals surface area (Å²) < 4.78 is 11.0. The first kappa shape index (κ1) is 26.8. The summed E-state index contributed by atoms with van der Waals surface area (Å²) in [7, 11) is 5.46. The highest BCUT2D eigenvalue weighted by atomic mass is 35.5. The van der Waals surface area contributed by atoms with E-state index in [0.29, 0.717) is 18.0 Å². The number of benzene rings is 1. The smallest absolute Gasteiger partial charge is 0.322 e. The number of carbonyl (C=O) groups is 1. The molecule has 1 fully saturated rings. The van der Waals surface area contributed by atoms with E-state index in [1.165, 1.54) is 11.1 Å². The number of piperazine rings is 1. The maximum atomic E-state index is 13.5. The second-order valence-corrected chi connectivity index (χ2v) is 10.3. The zero-order valence-electron chi connectivity index (χ0n) is 21.2. The van der Waals surface area contributed by atoms with Crippen LogP contribution in [0.2, 0.25) is 10.3 Å². The van der Waals surface area contributed by atoms with Crippen molar-refractivity contribution >= 4 is 34.9 Å². The van der Waals surface area contributed by atoms with Crippen LogP contribution in [0.25, 0.3) is 0 Å². The van der Waals surface area contributed by atoms with Crippen molar-refractivity contribution < 1.29 is 14.3 Å². The molecule has 36 heavy (non-hydrogen) atoms. The van der Waals surface area contributed by atoms with Crippen molar-refractivity contribution in [3.63, 3.8) is 0 Å². The number of ether oxygens (including phenoxy) is 2. The fourth-order valence-electron chi connectivity index (χ4n) is 5.05. The third kappa shape index (κ3) is 6.73. The summed E-state index contributed by atoms with van der Waals surface area (Å²) in [5, 5.41) is 3.48. The minimum absolute atomic E-state index is 0.0656. The lowest BCUT2D eigenvalue weighted by Gasteiger charge is -2.37. The molecule has 2 aliphatic rings. The molecule has 0 bridgehead atoms. The highest BCUT2D eigenvalue weighted by Crippen LogP contribution is 2.35. The number of carbonyl (C=O) groups excluding carboxylic acids is 1. The first-order chi connectivity index (χ1) is 17.4. The molecule has 2 amide bonds. The first-order valence-electron chi connectivity index (χ1n) is 12.4. The molecule has 2 heterocycles. The molecular formula is C26H35Cl2N5O3. The number of amides is 2. The second-order valence-electron chi connectivity index (χ2n) is 9.50. The average molecular weight is 537 g/mol. The minimum atomic E-state index is -0.152. The number of hydrogen-bond acceptors (Lipinski definition) is 6. The maximum absolute atomic E-state index is 13.5. The molecule has 1 aromatic carbocycles. The van der Waals surface area contributed by atoms with Crippen LogP contribution < -0.4 is 14.8 Å². The Balaban J connectivity index is 1.49. The van der Waals surface area contributed by atoms with Gasteiger partial charge < -0.3 is 29.5 Å². The number of halogens is 2. The van der Waals surface area contributed by atoms with Crippen LogP contribution in [0.15, 0.2) is 24.3 Å². The van der Waals surface area contributed by atoms with Crippen LogP contribution in [0, 0.1) is 0 Å². The maximum Gasteiger partial charge on any atom is 0.322 e. The number of urea groups is 1. The van der Waals surface area contributed by atoms with Gasteiger partial charge in [0, 0.05) is 44.5 Å². The average Bonchev–Trinajstić information content (AvgIpc) is 2.85. The number of aromatic nitrogens is 1. The van der Waals surface area contributed by atoms with Crippen molar-refractivity contribution in [3.8, 4) is 11.5 Å². The van der Waals surface area contributed by atoms with Gasteiger partial charge in [-0.05, 0) is 74.7 Å². The van der Waals surface area contributed by atoms with E-state index >= 15 is 0 Å². The predicted octanol–water partition coefficient (Wildman–Crippen LogP) is 4.43. The van der Waals surface area contributed by atoms with Crippen molar-refractivity contribution in [1.29, 1.82) is 0 Å². The van der Waals surface area contributed by atoms with Gasteiger partial charge in [0.1, 0.15) is 10.3 Å². The van der Waals surface area contributed by atoms with Crippen LogP contribution in [0.1, 0.15) is 24.0 Å². The molecular weight excluding hydrogens is 501 g/mol. The minimum Gasteiger partial charge on any atom is -0.493 e. The van der Waals surface area contributed by atoms with Crippen LogP contribution in [-0.4, -0.2) is 92.3 Å². The van der Waals surface area contributed by atoms with E-state index in [-0.39, 0.29) is 22.4 Å². The van der Waals surface area contributed by atoms with Crippen molar-refractivity contribution in [2.45, 2.75) is 31.7 Å². The lowest BCUT2D eigenvalue weighted by Crippen LogP contribution is -2.48. The molecule has 10 heteroatoms. The molecule has 0 spiro atoms. The van der Waals surface area contributed by atoms with Gasteiger partial charge in [0.15, 0.2) is 11.5 Å². The van der Waals surface area contributed by atoms with Crippen molar-refractivity contribution in [2.24, 2.45) is 0 Å². The van der Waals surface area contributed by atoms with Gasteiger partial charge in [-0.15, -0.1) is 0 Å². The van der Waals surface area contributed by atoms with Crippen LogP contribution in [0.3, 0.4) is 0 Å². The Bertz CT molecular complexity index is 1040. The van der Waals surface area contributed by atoms with Gasteiger partial charge in [0.05, 0.1) is 14.2 Å². The molecule has 1 atom stereocenters. The largest absolute Gasteiger partial charge is 0.493 e. The zero-order chi connectivity index (χ0) is 25.7. The zero-order valence-corrected chi connectivity index (χ0v) is 22.7. The van der Waals surface area contributed by atoms with E-state index in [1.807, 2.05) is 11.0 Å². The molecule has 1 saturated heterocycles. The third-order valence-corrected chi connectivity index (χ3v) is 7.48. The Hall–Kier alpha value is -2.26. The van der Waals surface area contributed by atoms with Gasteiger partial charge in [-0.1, -0.05) is 23.2 Å². The van der Waals surface area contributed by atoms with Gasteiger partial charge in [0.25, 0.3) is 0 Å². The molecule has 1 aliphatic heterocycles. The van der Waals surface area contributed by atoms with Crippen LogP contribution in [0.4, 0.5) is 10.5 Å². The molecule has 0 radical (unpaired) electrons. The third-order valence-electron chi connectivity index (χ3n) is 7.09. The van der Waals surface area contributed by atoms with Crippen molar-refractivity contribution in [3.05, 3.63) is 45.7 Å². The first-order valence-corrected chi connectivity index (χ1v) is 13.2. The molecule has 1 N–H and O–H groups in total. The van der Waals surface area contributed by atoms with Crippen LogP contribution >= 0.6 is 23.2 Å². The summed E-state index contributed by atoms with van der Waals surface area (Å²) in [4.78, 5) is 24.3. The fourth-order valence-corrected chi connectivity index (χ4v) is 5.51. The van der Waals surface area contributed by atoms with Crippen LogP contribution in [-0.2, 0) is 12.8 Å². The van der Waals surface area contributed by atoms with E-state index in [0.717, 1.165) is 64.2 Å². The Labute approximate surface area is 223 Å². The number of likely N-dealkylation sites (N-methyl/N-ethyl adjacent to an activating group) is 1. The summed E-state index contributed by atoms with van der Waals surface area (Å²) in [5.41, 5.74) is 2.97. The fraction of sp³-hybridized carbons (Fsp3) is 0.538. The second kappa shape index (κ2) is 12.3. The molecule has 2 aromatic rings. The van der Waals surface area contributed by atoms with Gasteiger partial charge in [-0.3, -0.25) is 0 Å². The molecule has 196 valence electrons. The molecule has 4 rings (SSSR count). The summed E-state index contributed by atoms with van der Waals surface area (Å²) in [6.45, 7) is 5.93. The lowest BCUT2D eigenvalue weighted by molar-refractivity contribution is 0.140. The number of nitrogens with zero attached hydrogens (tertiary/aromatic N) is 4. The van der Waals surface area contributed by atoms with Gasteiger partial charge >= 0.3 is 6.03 Å². The quantitative estimate of drug-likeness (QED) is 0.504. The summed E-state index contributed by atoms with van der Waals surface area (Å²) >= 11 is 12.1. The molecule has 0 saturated carbocycles. The van der Waals surface area contributed by atoms with E-state index in [4.69, 9.17) is 32.7 Å². The van der Waals surface area contributed by atoms with E-state index < -0.39 is 0 Å². The number of fused-ring (bicyclic) bond motifs is 1. The Morgan fingerprint density at radius 1 is 1.06 bits per heavy atom. The number of pyridine rings is 1. The van der Waals surface area contributed by atoms with Gasteiger partial charge in [-0.25, -0.2) is 9.78 Å². The molecule has 1 unspecified atom stereocenters. The topological polar surface area (TPSA) is 70.2 Å². The molecule has 8 nitrogen and oxygen atoms in total. The summed E-state index contributed by atoms with van der Waals surface area (Å²) in [5.74, 6) is 1.45. The number of hydrogen-bond donors (Lipinski definition) is 1. The van der Waals surface area contributed by atoms with Crippen molar-refractivity contribution in [1.82, 2.24) is 19.7 Å². The highest BCUT2D eigenvalue weighted by molar-refractivity contribution is 6.32. The number of rotatable bonds is 8. The Kier molecular flexibility index (Phi) is 9.17. The number of aryl methyl sites for hydroxylation is 1. The SMILES string of the molecule is COc1cc2c(cc1OC)CC(N(CCCN1CCN(C)CC1)C(=O)Nc1cc(Cl)nc(Cl)c1)CC2. The van der Waals surface area contributed by atoms with Crippen molar-refractivity contribution in [2.75, 3.05) is 65.9 Å². The standard InChI is InChI=1S/C26H35Cl2N5O3/c1-31-9-11-32(12-10-31)7-4-8-33(26(34)29-20-16-24(27)30-25(28)17-20)21-6-5-18-14-22(35-2)23(36-3)15-19(18)13-21/h14-17,21H,4-13H2,1-3H3,(H,29,30,34). The normalized spacial score (nSPS) is 18.4. The van der Waals surface area contributed by atoms with E-state index in [1.54, 1.807) is 26.4 Å². The number of anilines is 1. The Morgan fingerprint density at radius 3 is 2.33 bits per heavy atom. The van der Waals surface area contributed by atoms with Crippen LogP contribution in [0.5, 0.6) is 11.5 Å². The van der Waals surface area contributed by atoms with E-state index in [2.05, 4.69) is 33.2 Å². The van der Waals surface area contributed by atoms with E-state index in [9.17, 15) is 4.79 Å². The Morgan fingerprint density at radius 2 is 1.69 bits per heavy atom. The number of methoxy groups -OCH3 is 2. The van der Waals surface area contributed by atoms with Gasteiger partial charge in [-0.2, -0.15) is 0 Å². The monoisotopic (exact) mass is 535 g/mol. The van der Waals surface area contributed by atoms with Gasteiger partial charge in [0.2, 0.25) is 0 Å². The molecule has 1 aliphatic carbocycles. The summed E-state index contributed by atoms with van der Waals surface area (Å²) in [6, 6.07) is 7.24. The molecule has 1 aromatic heterocycles. The highest BCUT2D eigenvalue weighted by Gasteiger charge is 2.29.